The first-order valence-electron chi connectivity index (χ1n) is 15.6. The van der Waals surface area contributed by atoms with E-state index in [1.807, 2.05) is 54.6 Å². The fourth-order valence-corrected chi connectivity index (χ4v) is 6.23. The van der Waals surface area contributed by atoms with Crippen molar-refractivity contribution < 1.29 is 29.3 Å². The molecule has 1 aromatic heterocycles. The predicted octanol–water partition coefficient (Wildman–Crippen LogP) is 6.34. The molecule has 0 unspecified atom stereocenters. The van der Waals surface area contributed by atoms with Gasteiger partial charge in [0.25, 0.3) is 0 Å². The van der Waals surface area contributed by atoms with E-state index in [4.69, 9.17) is 14.6 Å². The maximum Gasteiger partial charge on any atom is 0.303 e. The minimum absolute atomic E-state index is 0.00653. The third-order valence-electron chi connectivity index (χ3n) is 7.95. The molecule has 1 fully saturated rings. The number of benzene rings is 3. The zero-order chi connectivity index (χ0) is 32.1. The summed E-state index contributed by atoms with van der Waals surface area (Å²) in [7, 11) is 0. The third kappa shape index (κ3) is 9.73. The molecular formula is C35H40N4O6S. The molecule has 4 N–H and O–H groups in total. The number of hydrogen-bond acceptors (Lipinski definition) is 8. The van der Waals surface area contributed by atoms with Gasteiger partial charge in [0, 0.05) is 37.1 Å². The van der Waals surface area contributed by atoms with Crippen LogP contribution in [0.25, 0.3) is 11.1 Å². The molecule has 11 heteroatoms. The highest BCUT2D eigenvalue weighted by Gasteiger charge is 2.32. The van der Waals surface area contributed by atoms with E-state index in [9.17, 15) is 14.7 Å². The van der Waals surface area contributed by atoms with Crippen molar-refractivity contribution in [1.82, 2.24) is 20.5 Å². The number of carbonyl (C=O) groups is 2. The molecule has 0 radical (unpaired) electrons. The van der Waals surface area contributed by atoms with Crippen LogP contribution in [-0.4, -0.2) is 49.1 Å². The van der Waals surface area contributed by atoms with Gasteiger partial charge in [-0.3, -0.25) is 14.7 Å². The van der Waals surface area contributed by atoms with Crippen LogP contribution in [0.5, 0.6) is 0 Å². The molecule has 3 atom stereocenters. The molecule has 2 heterocycles. The van der Waals surface area contributed by atoms with Crippen molar-refractivity contribution in [3.8, 4) is 11.1 Å². The molecule has 1 amide bonds. The molecule has 242 valence electrons. The van der Waals surface area contributed by atoms with Gasteiger partial charge >= 0.3 is 5.97 Å². The number of aliphatic hydroxyl groups excluding tert-OH is 1. The number of carboxylic acids is 1. The van der Waals surface area contributed by atoms with Crippen LogP contribution < -0.4 is 5.32 Å². The Bertz CT molecular complexity index is 1530. The van der Waals surface area contributed by atoms with Gasteiger partial charge in [-0.05, 0) is 40.7 Å². The number of H-pyrrole nitrogens is 1. The zero-order valence-electron chi connectivity index (χ0n) is 25.6. The summed E-state index contributed by atoms with van der Waals surface area (Å²) in [6.07, 6.45) is 4.98. The van der Waals surface area contributed by atoms with E-state index >= 15 is 0 Å². The Kier molecular flexibility index (Phi) is 12.4. The number of nitrogens with zero attached hydrogens (tertiary/aromatic N) is 2. The van der Waals surface area contributed by atoms with E-state index in [-0.39, 0.29) is 31.1 Å². The number of amides is 1. The van der Waals surface area contributed by atoms with Crippen molar-refractivity contribution in [2.45, 2.75) is 81.8 Å². The first-order valence-corrected chi connectivity index (χ1v) is 16.6. The molecule has 46 heavy (non-hydrogen) atoms. The minimum Gasteiger partial charge on any atom is -0.481 e. The number of unbranched alkanes of at least 4 members (excludes halogenated alkanes) is 3. The average molecular weight is 645 g/mol. The van der Waals surface area contributed by atoms with E-state index < -0.39 is 12.3 Å². The molecule has 1 aliphatic heterocycles. The molecule has 3 aromatic carbocycles. The number of aromatic nitrogens is 3. The number of rotatable bonds is 16. The lowest BCUT2D eigenvalue weighted by molar-refractivity contribution is -0.245. The van der Waals surface area contributed by atoms with Crippen molar-refractivity contribution in [3.63, 3.8) is 0 Å². The highest BCUT2D eigenvalue weighted by molar-refractivity contribution is 7.99. The van der Waals surface area contributed by atoms with E-state index in [0.29, 0.717) is 31.6 Å². The van der Waals surface area contributed by atoms with Gasteiger partial charge in [-0.15, -0.1) is 0 Å². The van der Waals surface area contributed by atoms with Crippen molar-refractivity contribution in [2.75, 3.05) is 5.75 Å². The van der Waals surface area contributed by atoms with Gasteiger partial charge in [-0.2, -0.15) is 5.10 Å². The summed E-state index contributed by atoms with van der Waals surface area (Å²) in [6, 6.07) is 24.0. The Labute approximate surface area is 272 Å². The maximum absolute atomic E-state index is 12.5. The summed E-state index contributed by atoms with van der Waals surface area (Å²) in [5.41, 5.74) is 5.87. The van der Waals surface area contributed by atoms with E-state index in [1.54, 1.807) is 11.8 Å². The molecule has 10 nitrogen and oxygen atoms in total. The Hall–Kier alpha value is -4.03. The normalized spacial score (nSPS) is 17.9. The number of aliphatic hydroxyl groups is 1. The Morgan fingerprint density at radius 2 is 1.65 bits per heavy atom. The fourth-order valence-electron chi connectivity index (χ4n) is 5.43. The number of carbonyl (C=O) groups excluding carboxylic acids is 1. The molecular weight excluding hydrogens is 604 g/mol. The van der Waals surface area contributed by atoms with Crippen LogP contribution in [0, 0.1) is 0 Å². The van der Waals surface area contributed by atoms with Gasteiger partial charge < -0.3 is 25.0 Å². The van der Waals surface area contributed by atoms with Crippen LogP contribution in [0.4, 0.5) is 0 Å². The molecule has 1 saturated heterocycles. The van der Waals surface area contributed by atoms with Gasteiger partial charge in [-0.1, -0.05) is 97.4 Å². The second kappa shape index (κ2) is 17.0. The second-order valence-corrected chi connectivity index (χ2v) is 12.3. The summed E-state index contributed by atoms with van der Waals surface area (Å²) in [5.74, 6) is -0.103. The van der Waals surface area contributed by atoms with Crippen LogP contribution >= 0.6 is 11.8 Å². The molecule has 4 aromatic rings. The van der Waals surface area contributed by atoms with Crippen molar-refractivity contribution >= 4 is 23.6 Å². The molecule has 0 aliphatic carbocycles. The number of aliphatic carboxylic acids is 1. The summed E-state index contributed by atoms with van der Waals surface area (Å²) in [5, 5.41) is 28.8. The first-order chi connectivity index (χ1) is 22.5. The number of ether oxygens (including phenoxy) is 2. The van der Waals surface area contributed by atoms with Crippen LogP contribution in [0.15, 0.2) is 84.3 Å². The smallest absolute Gasteiger partial charge is 0.303 e. The van der Waals surface area contributed by atoms with Crippen LogP contribution in [0.1, 0.15) is 79.6 Å². The van der Waals surface area contributed by atoms with Gasteiger partial charge in [0.1, 0.15) is 6.33 Å². The van der Waals surface area contributed by atoms with Crippen molar-refractivity contribution in [1.29, 1.82) is 0 Å². The van der Waals surface area contributed by atoms with E-state index in [1.165, 1.54) is 6.33 Å². The lowest BCUT2D eigenvalue weighted by Crippen LogP contribution is -2.31. The van der Waals surface area contributed by atoms with E-state index in [2.05, 4.69) is 38.7 Å². The standard InChI is InChI=1S/C35H40N4O6S/c40-21-24-11-13-26(14-12-24)31-19-29(22-46-35-37-23-38-39-35)44-34(45-31)27-17-15-25(16-18-27)30-8-6-5-7-28(30)20-36-32(41)9-3-1-2-4-10-33(42)43/h5-8,11-18,23,29,31,34,40H,1-4,9-10,19-22H2,(H,36,41)(H,42,43)(H,37,38,39)/t29-,31+,34+/m0/s1. The van der Waals surface area contributed by atoms with Crippen LogP contribution in [0.3, 0.4) is 0 Å². The Balaban J connectivity index is 1.22. The molecule has 0 bridgehead atoms. The molecule has 1 aliphatic rings. The molecule has 0 spiro atoms. The number of aromatic amines is 1. The lowest BCUT2D eigenvalue weighted by atomic mass is 9.97. The highest BCUT2D eigenvalue weighted by atomic mass is 32.2. The second-order valence-electron chi connectivity index (χ2n) is 11.3. The monoisotopic (exact) mass is 644 g/mol. The van der Waals surface area contributed by atoms with Crippen molar-refractivity contribution in [3.05, 3.63) is 101 Å². The summed E-state index contributed by atoms with van der Waals surface area (Å²) in [4.78, 5) is 27.3. The highest BCUT2D eigenvalue weighted by Crippen LogP contribution is 2.39. The predicted molar refractivity (Wildman–Crippen MR) is 175 cm³/mol. The quantitative estimate of drug-likeness (QED) is 0.0810. The van der Waals surface area contributed by atoms with Gasteiger partial charge in [0.15, 0.2) is 11.4 Å². The summed E-state index contributed by atoms with van der Waals surface area (Å²) in [6.45, 7) is 0.416. The maximum atomic E-state index is 12.5. The molecule has 0 saturated carbocycles. The average Bonchev–Trinajstić information content (AvgIpc) is 3.62. The zero-order valence-corrected chi connectivity index (χ0v) is 26.5. The van der Waals surface area contributed by atoms with Crippen LogP contribution in [0.2, 0.25) is 0 Å². The Morgan fingerprint density at radius 3 is 2.37 bits per heavy atom. The number of hydrogen-bond donors (Lipinski definition) is 4. The fraction of sp³-hybridized carbons (Fsp3) is 0.371. The Morgan fingerprint density at radius 1 is 0.913 bits per heavy atom. The minimum atomic E-state index is -0.778. The topological polar surface area (TPSA) is 147 Å². The van der Waals surface area contributed by atoms with E-state index in [0.717, 1.165) is 57.8 Å². The third-order valence-corrected chi connectivity index (χ3v) is 8.95. The molecule has 5 rings (SSSR count). The van der Waals surface area contributed by atoms with Gasteiger partial charge in [-0.25, -0.2) is 4.98 Å². The van der Waals surface area contributed by atoms with Gasteiger partial charge in [0.2, 0.25) is 5.91 Å². The largest absolute Gasteiger partial charge is 0.481 e. The number of thioether (sulfide) groups is 1. The summed E-state index contributed by atoms with van der Waals surface area (Å²) >= 11 is 1.56. The first kappa shape index (κ1) is 33.3. The number of carboxylic acid groups (broad SMARTS) is 1. The SMILES string of the molecule is O=C(O)CCCCCCC(=O)NCc1ccccc1-c1ccc([C@@H]2O[C@H](CSc3ncn[nH]3)C[C@H](c3ccc(CO)cc3)O2)cc1. The van der Waals surface area contributed by atoms with Crippen molar-refractivity contribution in [2.24, 2.45) is 0 Å². The van der Waals surface area contributed by atoms with Crippen LogP contribution in [-0.2, 0) is 32.2 Å². The van der Waals surface area contributed by atoms with Gasteiger partial charge in [0.05, 0.1) is 18.8 Å². The lowest BCUT2D eigenvalue weighted by Gasteiger charge is -2.36. The number of nitrogens with one attached hydrogen (secondary N) is 2. The summed E-state index contributed by atoms with van der Waals surface area (Å²) < 4.78 is 12.9.